The number of carboxylic acid groups (broad SMARTS) is 1. The first kappa shape index (κ1) is 17.6. The summed E-state index contributed by atoms with van der Waals surface area (Å²) in [4.78, 5) is 13.3. The molecular formula is C23H24N2O2. The largest absolute Gasteiger partial charge is 0.478 e. The average molecular weight is 360 g/mol. The van der Waals surface area contributed by atoms with Crippen molar-refractivity contribution < 1.29 is 9.90 Å². The van der Waals surface area contributed by atoms with Gasteiger partial charge in [0.25, 0.3) is 0 Å². The van der Waals surface area contributed by atoms with Gasteiger partial charge in [-0.15, -0.1) is 0 Å². The molecule has 0 aliphatic carbocycles. The number of anilines is 1. The van der Waals surface area contributed by atoms with Crippen molar-refractivity contribution >= 4 is 22.4 Å². The number of carbonyl (C=O) groups is 1. The molecule has 4 rings (SSSR count). The number of hydrogen-bond acceptors (Lipinski definition) is 3. The van der Waals surface area contributed by atoms with Gasteiger partial charge in [0.05, 0.1) is 5.56 Å². The van der Waals surface area contributed by atoms with E-state index >= 15 is 0 Å². The molecule has 3 aromatic carbocycles. The standard InChI is InChI=1S/C23H24N2O2/c1-16(21-8-4-6-17-5-2-3-7-22(17)21)24-19-13-14-25(15-19)20-11-9-18(10-12-20)23(26)27/h2-12,16,19,24H,13-15H2,1H3,(H,26,27). The Kier molecular flexibility index (Phi) is 4.82. The molecule has 138 valence electrons. The van der Waals surface area contributed by atoms with Crippen LogP contribution < -0.4 is 10.2 Å². The third-order valence-electron chi connectivity index (χ3n) is 5.44. The normalized spacial score (nSPS) is 18.0. The molecule has 1 aliphatic rings. The number of hydrogen-bond donors (Lipinski definition) is 2. The van der Waals surface area contributed by atoms with E-state index in [1.165, 1.54) is 16.3 Å². The van der Waals surface area contributed by atoms with Crippen molar-refractivity contribution in [1.29, 1.82) is 0 Å². The van der Waals surface area contributed by atoms with E-state index < -0.39 is 5.97 Å². The fourth-order valence-electron chi connectivity index (χ4n) is 4.02. The number of rotatable bonds is 5. The van der Waals surface area contributed by atoms with Crippen molar-refractivity contribution in [3.63, 3.8) is 0 Å². The summed E-state index contributed by atoms with van der Waals surface area (Å²) in [5, 5.41) is 15.4. The summed E-state index contributed by atoms with van der Waals surface area (Å²) >= 11 is 0. The van der Waals surface area contributed by atoms with Crippen LogP contribution in [-0.4, -0.2) is 30.2 Å². The van der Waals surface area contributed by atoms with E-state index in [9.17, 15) is 4.79 Å². The maximum atomic E-state index is 11.0. The van der Waals surface area contributed by atoms with Crippen molar-refractivity contribution in [3.05, 3.63) is 77.9 Å². The van der Waals surface area contributed by atoms with Gasteiger partial charge in [-0.2, -0.15) is 0 Å². The number of benzene rings is 3. The minimum atomic E-state index is -0.883. The van der Waals surface area contributed by atoms with Gasteiger partial charge in [0.1, 0.15) is 0 Å². The van der Waals surface area contributed by atoms with Gasteiger partial charge in [0.2, 0.25) is 0 Å². The summed E-state index contributed by atoms with van der Waals surface area (Å²) in [6.07, 6.45) is 1.08. The van der Waals surface area contributed by atoms with Crippen LogP contribution in [0, 0.1) is 0 Å². The third-order valence-corrected chi connectivity index (χ3v) is 5.44. The van der Waals surface area contributed by atoms with Crippen molar-refractivity contribution in [2.24, 2.45) is 0 Å². The fraction of sp³-hybridized carbons (Fsp3) is 0.261. The van der Waals surface area contributed by atoms with Crippen LogP contribution in [0.25, 0.3) is 10.8 Å². The second-order valence-corrected chi connectivity index (χ2v) is 7.24. The number of nitrogens with zero attached hydrogens (tertiary/aromatic N) is 1. The second-order valence-electron chi connectivity index (χ2n) is 7.24. The Morgan fingerprint density at radius 1 is 1.07 bits per heavy atom. The predicted octanol–water partition coefficient (Wildman–Crippen LogP) is 4.47. The van der Waals surface area contributed by atoms with Crippen LogP contribution in [0.1, 0.15) is 35.3 Å². The monoisotopic (exact) mass is 360 g/mol. The van der Waals surface area contributed by atoms with E-state index in [-0.39, 0.29) is 6.04 Å². The molecule has 0 radical (unpaired) electrons. The molecule has 2 atom stereocenters. The van der Waals surface area contributed by atoms with Gasteiger partial charge in [-0.25, -0.2) is 4.79 Å². The lowest BCUT2D eigenvalue weighted by atomic mass is 9.99. The molecule has 27 heavy (non-hydrogen) atoms. The molecule has 0 spiro atoms. The number of fused-ring (bicyclic) bond motifs is 1. The van der Waals surface area contributed by atoms with E-state index in [0.717, 1.165) is 25.2 Å². The van der Waals surface area contributed by atoms with Crippen molar-refractivity contribution in [3.8, 4) is 0 Å². The van der Waals surface area contributed by atoms with Crippen molar-refractivity contribution in [2.45, 2.75) is 25.4 Å². The molecule has 4 heteroatoms. The molecule has 3 aromatic rings. The van der Waals surface area contributed by atoms with Gasteiger partial charge in [-0.1, -0.05) is 42.5 Å². The molecule has 1 saturated heterocycles. The zero-order valence-electron chi connectivity index (χ0n) is 15.4. The highest BCUT2D eigenvalue weighted by Crippen LogP contribution is 2.26. The van der Waals surface area contributed by atoms with Crippen LogP contribution in [0.5, 0.6) is 0 Å². The zero-order valence-corrected chi connectivity index (χ0v) is 15.4. The number of aromatic carboxylic acids is 1. The van der Waals surface area contributed by atoms with Crippen LogP contribution in [0.3, 0.4) is 0 Å². The maximum absolute atomic E-state index is 11.0. The Bertz CT molecular complexity index is 947. The summed E-state index contributed by atoms with van der Waals surface area (Å²) in [5.41, 5.74) is 2.75. The summed E-state index contributed by atoms with van der Waals surface area (Å²) in [6, 6.07) is 22.9. The molecule has 0 bridgehead atoms. The van der Waals surface area contributed by atoms with Gasteiger partial charge in [-0.05, 0) is 53.9 Å². The highest BCUT2D eigenvalue weighted by molar-refractivity contribution is 5.88. The zero-order chi connectivity index (χ0) is 18.8. The molecule has 2 unspecified atom stereocenters. The lowest BCUT2D eigenvalue weighted by Crippen LogP contribution is -2.34. The molecule has 1 aliphatic heterocycles. The minimum Gasteiger partial charge on any atom is -0.478 e. The molecule has 2 N–H and O–H groups in total. The lowest BCUT2D eigenvalue weighted by Gasteiger charge is -2.23. The average Bonchev–Trinajstić information content (AvgIpc) is 3.16. The Morgan fingerprint density at radius 2 is 1.81 bits per heavy atom. The van der Waals surface area contributed by atoms with E-state index in [1.807, 2.05) is 12.1 Å². The fourth-order valence-corrected chi connectivity index (χ4v) is 4.02. The van der Waals surface area contributed by atoms with E-state index in [0.29, 0.717) is 11.6 Å². The first-order valence-electron chi connectivity index (χ1n) is 9.44. The Balaban J connectivity index is 1.44. The van der Waals surface area contributed by atoms with Crippen molar-refractivity contribution in [1.82, 2.24) is 5.32 Å². The van der Waals surface area contributed by atoms with E-state index in [1.54, 1.807) is 12.1 Å². The van der Waals surface area contributed by atoms with Crippen LogP contribution in [0.15, 0.2) is 66.7 Å². The highest BCUT2D eigenvalue weighted by atomic mass is 16.4. The second kappa shape index (κ2) is 7.41. The molecular weight excluding hydrogens is 336 g/mol. The highest BCUT2D eigenvalue weighted by Gasteiger charge is 2.24. The third kappa shape index (κ3) is 3.67. The predicted molar refractivity (Wildman–Crippen MR) is 110 cm³/mol. The summed E-state index contributed by atoms with van der Waals surface area (Å²) in [6.45, 7) is 4.14. The SMILES string of the molecule is CC(NC1CCN(c2ccc(C(=O)O)cc2)C1)c1cccc2ccccc12. The molecule has 1 fully saturated rings. The van der Waals surface area contributed by atoms with Crippen LogP contribution >= 0.6 is 0 Å². The maximum Gasteiger partial charge on any atom is 0.335 e. The molecule has 0 saturated carbocycles. The number of carboxylic acids is 1. The Morgan fingerprint density at radius 3 is 2.59 bits per heavy atom. The van der Waals surface area contributed by atoms with E-state index in [2.05, 4.69) is 59.6 Å². The van der Waals surface area contributed by atoms with Crippen molar-refractivity contribution in [2.75, 3.05) is 18.0 Å². The molecule has 4 nitrogen and oxygen atoms in total. The van der Waals surface area contributed by atoms with Gasteiger partial charge >= 0.3 is 5.97 Å². The summed E-state index contributed by atoms with van der Waals surface area (Å²) in [5.74, 6) is -0.883. The number of nitrogens with one attached hydrogen (secondary N) is 1. The van der Waals surface area contributed by atoms with Gasteiger partial charge in [-0.3, -0.25) is 0 Å². The van der Waals surface area contributed by atoms with Crippen LogP contribution in [-0.2, 0) is 0 Å². The van der Waals surface area contributed by atoms with E-state index in [4.69, 9.17) is 5.11 Å². The van der Waals surface area contributed by atoms with Gasteiger partial charge in [0.15, 0.2) is 0 Å². The minimum absolute atomic E-state index is 0.274. The first-order chi connectivity index (χ1) is 13.1. The van der Waals surface area contributed by atoms with Gasteiger partial charge in [0, 0.05) is 30.9 Å². The Labute approximate surface area is 159 Å². The first-order valence-corrected chi connectivity index (χ1v) is 9.44. The topological polar surface area (TPSA) is 52.6 Å². The van der Waals surface area contributed by atoms with Gasteiger partial charge < -0.3 is 15.3 Å². The Hall–Kier alpha value is -2.85. The summed E-state index contributed by atoms with van der Waals surface area (Å²) < 4.78 is 0. The summed E-state index contributed by atoms with van der Waals surface area (Å²) in [7, 11) is 0. The van der Waals surface area contributed by atoms with Crippen LogP contribution in [0.2, 0.25) is 0 Å². The quantitative estimate of drug-likeness (QED) is 0.705. The van der Waals surface area contributed by atoms with Crippen LogP contribution in [0.4, 0.5) is 5.69 Å². The molecule has 1 heterocycles. The molecule has 0 aromatic heterocycles. The molecule has 0 amide bonds. The smallest absolute Gasteiger partial charge is 0.335 e. The lowest BCUT2D eigenvalue weighted by molar-refractivity contribution is 0.0697.